The topological polar surface area (TPSA) is 41.1 Å². The second-order valence-corrected chi connectivity index (χ2v) is 20.4. The molecule has 0 aliphatic carbocycles. The average molecular weight is 962 g/mol. The molecule has 1 unspecified atom stereocenters. The minimum Gasteiger partial charge on any atom is -0.454 e. The molecule has 0 N–H and O–H groups in total. The Kier molecular flexibility index (Phi) is 8.93. The molecular weight excluding hydrogens is 915 g/mol. The maximum Gasteiger partial charge on any atom is 0.159 e. The molecule has 0 saturated heterocycles. The van der Waals surface area contributed by atoms with E-state index in [1.807, 2.05) is 0 Å². The van der Waals surface area contributed by atoms with Gasteiger partial charge in [0.05, 0.1) is 44.5 Å². The molecule has 5 aromatic heterocycles. The van der Waals surface area contributed by atoms with Crippen molar-refractivity contribution in [1.82, 2.24) is 13.7 Å². The van der Waals surface area contributed by atoms with E-state index < -0.39 is 0 Å². The van der Waals surface area contributed by atoms with Gasteiger partial charge >= 0.3 is 0 Å². The fourth-order valence-corrected chi connectivity index (χ4v) is 12.5. The number of para-hydroxylation sites is 7. The van der Waals surface area contributed by atoms with Crippen molar-refractivity contribution in [3.63, 3.8) is 0 Å². The SMILES string of the molecule is CCC(C)c1cc(-c2ccc3oc4c(-n5c6ccccc6c6ccccc65)cccc4c3c2)cc(-c2ccc3oc4c(-n5c6ccccc6c6ccccc65)cc(-n5c6ccccc6c6ccccc65)cc4c3c2)c1. The lowest BCUT2D eigenvalue weighted by Gasteiger charge is -2.15. The molecule has 354 valence electrons. The number of nitrogens with zero attached hydrogens (tertiary/aromatic N) is 3. The molecular formula is C70H47N3O2. The van der Waals surface area contributed by atoms with E-state index in [2.05, 4.69) is 258 Å². The second kappa shape index (κ2) is 16.0. The molecule has 5 heterocycles. The number of rotatable bonds is 7. The van der Waals surface area contributed by atoms with E-state index in [4.69, 9.17) is 8.83 Å². The number of benzene rings is 11. The van der Waals surface area contributed by atoms with Crippen LogP contribution < -0.4 is 0 Å². The minimum atomic E-state index is 0.358. The predicted octanol–water partition coefficient (Wildman–Crippen LogP) is 19.6. The summed E-state index contributed by atoms with van der Waals surface area (Å²) in [6.07, 6.45) is 1.03. The lowest BCUT2D eigenvalue weighted by atomic mass is 9.89. The van der Waals surface area contributed by atoms with Gasteiger partial charge in [0.2, 0.25) is 0 Å². The van der Waals surface area contributed by atoms with Crippen LogP contribution in [0.2, 0.25) is 0 Å². The zero-order chi connectivity index (χ0) is 49.5. The second-order valence-electron chi connectivity index (χ2n) is 20.4. The highest BCUT2D eigenvalue weighted by Gasteiger charge is 2.23. The Hall–Kier alpha value is -9.58. The fourth-order valence-electron chi connectivity index (χ4n) is 12.5. The summed E-state index contributed by atoms with van der Waals surface area (Å²) < 4.78 is 21.2. The molecule has 11 aromatic carbocycles. The molecule has 0 aliphatic heterocycles. The van der Waals surface area contributed by atoms with Crippen LogP contribution in [0, 0.1) is 0 Å². The Bertz CT molecular complexity index is 4870. The van der Waals surface area contributed by atoms with Crippen molar-refractivity contribution in [3.05, 3.63) is 236 Å². The molecule has 0 radical (unpaired) electrons. The summed E-state index contributed by atoms with van der Waals surface area (Å²) in [7, 11) is 0. The fraction of sp³-hybridized carbons (Fsp3) is 0.0571. The first-order chi connectivity index (χ1) is 37.1. The number of hydrogen-bond acceptors (Lipinski definition) is 2. The summed E-state index contributed by atoms with van der Waals surface area (Å²) in [5.41, 5.74) is 19.5. The number of aromatic nitrogens is 3. The third-order valence-electron chi connectivity index (χ3n) is 16.3. The molecule has 75 heavy (non-hydrogen) atoms. The highest BCUT2D eigenvalue weighted by Crippen LogP contribution is 2.45. The summed E-state index contributed by atoms with van der Waals surface area (Å²) in [6.45, 7) is 4.62. The monoisotopic (exact) mass is 961 g/mol. The molecule has 5 heteroatoms. The Morgan fingerprint density at radius 3 is 1.19 bits per heavy atom. The van der Waals surface area contributed by atoms with Crippen LogP contribution in [0.1, 0.15) is 31.7 Å². The summed E-state index contributed by atoms with van der Waals surface area (Å²) in [6, 6.07) is 84.2. The number of hydrogen-bond donors (Lipinski definition) is 0. The summed E-state index contributed by atoms with van der Waals surface area (Å²) in [4.78, 5) is 0. The molecule has 0 spiro atoms. The van der Waals surface area contributed by atoms with Gasteiger partial charge in [0.1, 0.15) is 11.2 Å². The smallest absolute Gasteiger partial charge is 0.159 e. The number of fused-ring (bicyclic) bond motifs is 15. The zero-order valence-corrected chi connectivity index (χ0v) is 41.4. The van der Waals surface area contributed by atoms with Gasteiger partial charge in [-0.25, -0.2) is 0 Å². The van der Waals surface area contributed by atoms with Crippen LogP contribution in [0.15, 0.2) is 239 Å². The van der Waals surface area contributed by atoms with Gasteiger partial charge in [-0.15, -0.1) is 0 Å². The van der Waals surface area contributed by atoms with Crippen molar-refractivity contribution in [3.8, 4) is 39.3 Å². The van der Waals surface area contributed by atoms with Gasteiger partial charge in [-0.1, -0.05) is 159 Å². The number of furan rings is 2. The first-order valence-corrected chi connectivity index (χ1v) is 26.1. The van der Waals surface area contributed by atoms with E-state index in [9.17, 15) is 0 Å². The molecule has 16 rings (SSSR count). The first-order valence-electron chi connectivity index (χ1n) is 26.1. The molecule has 0 bridgehead atoms. The van der Waals surface area contributed by atoms with Crippen LogP contribution >= 0.6 is 0 Å². The molecule has 0 fully saturated rings. The van der Waals surface area contributed by atoms with Crippen LogP contribution in [0.3, 0.4) is 0 Å². The normalized spacial score (nSPS) is 12.7. The Morgan fingerprint density at radius 2 is 0.720 bits per heavy atom. The van der Waals surface area contributed by atoms with Crippen molar-refractivity contribution in [2.45, 2.75) is 26.2 Å². The van der Waals surface area contributed by atoms with Crippen molar-refractivity contribution < 1.29 is 8.83 Å². The summed E-state index contributed by atoms with van der Waals surface area (Å²) >= 11 is 0. The maximum absolute atomic E-state index is 7.12. The third kappa shape index (κ3) is 6.13. The van der Waals surface area contributed by atoms with Gasteiger partial charge in [-0.3, -0.25) is 0 Å². The largest absolute Gasteiger partial charge is 0.454 e. The van der Waals surface area contributed by atoms with Gasteiger partial charge < -0.3 is 22.5 Å². The minimum absolute atomic E-state index is 0.358. The van der Waals surface area contributed by atoms with E-state index in [1.54, 1.807) is 0 Å². The van der Waals surface area contributed by atoms with Crippen LogP contribution in [-0.2, 0) is 0 Å². The van der Waals surface area contributed by atoms with Crippen LogP contribution in [0.25, 0.3) is 149 Å². The van der Waals surface area contributed by atoms with E-state index in [0.717, 1.165) is 101 Å². The first kappa shape index (κ1) is 42.0. The quantitative estimate of drug-likeness (QED) is 0.160. The third-order valence-corrected chi connectivity index (χ3v) is 16.3. The predicted molar refractivity (Wildman–Crippen MR) is 314 cm³/mol. The van der Waals surface area contributed by atoms with E-state index in [0.29, 0.717) is 5.92 Å². The van der Waals surface area contributed by atoms with Gasteiger partial charge in [0.25, 0.3) is 0 Å². The van der Waals surface area contributed by atoms with E-state index >= 15 is 0 Å². The van der Waals surface area contributed by atoms with Gasteiger partial charge in [-0.2, -0.15) is 0 Å². The van der Waals surface area contributed by atoms with Crippen molar-refractivity contribution in [2.24, 2.45) is 0 Å². The van der Waals surface area contributed by atoms with Crippen LogP contribution in [0.5, 0.6) is 0 Å². The van der Waals surface area contributed by atoms with Crippen LogP contribution in [-0.4, -0.2) is 13.7 Å². The molecule has 16 aromatic rings. The Labute approximate surface area is 431 Å². The van der Waals surface area contributed by atoms with E-state index in [-0.39, 0.29) is 0 Å². The van der Waals surface area contributed by atoms with Crippen molar-refractivity contribution in [2.75, 3.05) is 0 Å². The van der Waals surface area contributed by atoms with Crippen molar-refractivity contribution >= 4 is 109 Å². The lowest BCUT2D eigenvalue weighted by molar-refractivity contribution is 0.666. The summed E-state index contributed by atoms with van der Waals surface area (Å²) in [5.74, 6) is 0.358. The standard InChI is InChI=1S/C70H47N3O2/c1-3-42(2)45-35-46(43-31-33-67-56(38-43)55-23-16-30-65(69(55)74-67)72-61-26-12-6-19-51(61)52-20-7-13-27-62(52)72)37-47(36-45)44-32-34-68-57(39-44)58-40-48(71-59-24-10-4-17-49(59)50-18-5-11-25-60(50)71)41-66(70(58)75-68)73-63-28-14-8-21-53(63)54-22-9-15-29-64(54)73/h4-42H,3H2,1-2H3. The summed E-state index contributed by atoms with van der Waals surface area (Å²) in [5, 5.41) is 11.7. The molecule has 0 aliphatic rings. The van der Waals surface area contributed by atoms with Crippen LogP contribution in [0.4, 0.5) is 0 Å². The molecule has 0 amide bonds. The highest BCUT2D eigenvalue weighted by atomic mass is 16.3. The maximum atomic E-state index is 7.12. The average Bonchev–Trinajstić information content (AvgIpc) is 4.35. The molecule has 0 saturated carbocycles. The van der Waals surface area contributed by atoms with Gasteiger partial charge in [-0.05, 0) is 125 Å². The van der Waals surface area contributed by atoms with Gasteiger partial charge in [0.15, 0.2) is 11.2 Å². The van der Waals surface area contributed by atoms with E-state index in [1.165, 1.54) is 60.0 Å². The Balaban J connectivity index is 0.895. The zero-order valence-electron chi connectivity index (χ0n) is 41.4. The molecule has 5 nitrogen and oxygen atoms in total. The molecule has 1 atom stereocenters. The lowest BCUT2D eigenvalue weighted by Crippen LogP contribution is -1.99. The highest BCUT2D eigenvalue weighted by molar-refractivity contribution is 6.16. The Morgan fingerprint density at radius 1 is 0.320 bits per heavy atom. The van der Waals surface area contributed by atoms with Crippen molar-refractivity contribution in [1.29, 1.82) is 0 Å². The van der Waals surface area contributed by atoms with Gasteiger partial charge in [0, 0.05) is 59.5 Å².